The molecule has 2 amide bonds. The minimum Gasteiger partial charge on any atom is -0.371 e. The van der Waals surface area contributed by atoms with E-state index >= 15 is 0 Å². The van der Waals surface area contributed by atoms with E-state index in [9.17, 15) is 9.59 Å². The normalized spacial score (nSPS) is 19.1. The second-order valence-electron chi connectivity index (χ2n) is 10.0. The number of hydrogen-bond acceptors (Lipinski definition) is 4. The molecule has 36 heavy (non-hydrogen) atoms. The molecule has 0 spiro atoms. The molecule has 0 aliphatic carbocycles. The molecular formula is C30H36N4O2. The van der Waals surface area contributed by atoms with Gasteiger partial charge >= 0.3 is 0 Å². The average molecular weight is 485 g/mol. The third-order valence-corrected chi connectivity index (χ3v) is 7.49. The number of nitrogens with one attached hydrogen (secondary N) is 3. The van der Waals surface area contributed by atoms with Crippen LogP contribution in [0.5, 0.6) is 0 Å². The zero-order valence-corrected chi connectivity index (χ0v) is 20.8. The van der Waals surface area contributed by atoms with E-state index in [1.165, 1.54) is 16.3 Å². The maximum atomic E-state index is 12.7. The first kappa shape index (κ1) is 24.3. The van der Waals surface area contributed by atoms with Crippen LogP contribution in [0.15, 0.2) is 66.7 Å². The minimum absolute atomic E-state index is 0.0776. The first-order chi connectivity index (χ1) is 17.7. The Balaban J connectivity index is 1.06. The zero-order valence-electron chi connectivity index (χ0n) is 20.8. The van der Waals surface area contributed by atoms with Crippen molar-refractivity contribution < 1.29 is 9.59 Å². The van der Waals surface area contributed by atoms with Crippen molar-refractivity contribution in [3.8, 4) is 0 Å². The lowest BCUT2D eigenvalue weighted by Gasteiger charge is -2.34. The number of piperidine rings is 1. The molecule has 0 aromatic heterocycles. The number of rotatable bonds is 7. The summed E-state index contributed by atoms with van der Waals surface area (Å²) in [5.74, 6) is -0.260. The van der Waals surface area contributed by atoms with Gasteiger partial charge in [0.15, 0.2) is 0 Å². The van der Waals surface area contributed by atoms with Crippen LogP contribution in [0, 0.1) is 0 Å². The molecule has 2 aliphatic rings. The number of hydrogen-bond donors (Lipinski definition) is 3. The number of carbonyl (C=O) groups excluding carboxylic acids is 2. The van der Waals surface area contributed by atoms with Gasteiger partial charge in [0, 0.05) is 36.9 Å². The summed E-state index contributed by atoms with van der Waals surface area (Å²) in [6.45, 7) is 3.69. The maximum Gasteiger partial charge on any atom is 0.251 e. The number of fused-ring (bicyclic) bond motifs is 1. The Morgan fingerprint density at radius 3 is 2.50 bits per heavy atom. The fourth-order valence-corrected chi connectivity index (χ4v) is 5.30. The van der Waals surface area contributed by atoms with E-state index in [2.05, 4.69) is 63.3 Å². The predicted octanol–water partition coefficient (Wildman–Crippen LogP) is 4.04. The topological polar surface area (TPSA) is 73.5 Å². The van der Waals surface area contributed by atoms with Gasteiger partial charge in [0.2, 0.25) is 5.91 Å². The maximum absolute atomic E-state index is 12.7. The SMILES string of the molecule is O=C(N[C@H]1CCCCNC1=O)c1ccc(N2CCC(NCCc3ccc4ccccc4c3)CC2)cc1. The highest BCUT2D eigenvalue weighted by Gasteiger charge is 2.23. The smallest absolute Gasteiger partial charge is 0.251 e. The summed E-state index contributed by atoms with van der Waals surface area (Å²) in [5, 5.41) is 12.1. The molecule has 0 radical (unpaired) electrons. The molecule has 1 atom stereocenters. The van der Waals surface area contributed by atoms with Crippen molar-refractivity contribution in [2.24, 2.45) is 0 Å². The lowest BCUT2D eigenvalue weighted by Crippen LogP contribution is -2.45. The Bertz CT molecular complexity index is 1190. The molecule has 6 heteroatoms. The number of carbonyl (C=O) groups is 2. The van der Waals surface area contributed by atoms with Crippen LogP contribution < -0.4 is 20.9 Å². The van der Waals surface area contributed by atoms with Gasteiger partial charge in [-0.05, 0) is 85.7 Å². The number of nitrogens with zero attached hydrogens (tertiary/aromatic N) is 1. The molecule has 188 valence electrons. The van der Waals surface area contributed by atoms with E-state index in [4.69, 9.17) is 0 Å². The van der Waals surface area contributed by atoms with Gasteiger partial charge in [0.1, 0.15) is 6.04 Å². The zero-order chi connectivity index (χ0) is 24.7. The van der Waals surface area contributed by atoms with Crippen LogP contribution in [0.3, 0.4) is 0 Å². The van der Waals surface area contributed by atoms with Crippen molar-refractivity contribution in [3.05, 3.63) is 77.9 Å². The first-order valence-corrected chi connectivity index (χ1v) is 13.3. The van der Waals surface area contributed by atoms with Gasteiger partial charge in [0.25, 0.3) is 5.91 Å². The van der Waals surface area contributed by atoms with Crippen molar-refractivity contribution >= 4 is 28.3 Å². The van der Waals surface area contributed by atoms with Gasteiger partial charge < -0.3 is 20.9 Å². The molecule has 2 heterocycles. The quantitative estimate of drug-likeness (QED) is 0.473. The molecule has 3 aromatic rings. The predicted molar refractivity (Wildman–Crippen MR) is 145 cm³/mol. The third kappa shape index (κ3) is 6.05. The summed E-state index contributed by atoms with van der Waals surface area (Å²) in [6, 6.07) is 23.2. The monoisotopic (exact) mass is 484 g/mol. The highest BCUT2D eigenvalue weighted by atomic mass is 16.2. The van der Waals surface area contributed by atoms with Crippen molar-refractivity contribution in [1.82, 2.24) is 16.0 Å². The third-order valence-electron chi connectivity index (χ3n) is 7.49. The molecule has 0 bridgehead atoms. The van der Waals surface area contributed by atoms with Crippen LogP contribution in [0.25, 0.3) is 10.8 Å². The molecule has 2 aliphatic heterocycles. The van der Waals surface area contributed by atoms with Gasteiger partial charge in [0.05, 0.1) is 0 Å². The highest BCUT2D eigenvalue weighted by molar-refractivity contribution is 5.97. The Hall–Kier alpha value is -3.38. The van der Waals surface area contributed by atoms with Crippen molar-refractivity contribution in [2.45, 2.75) is 50.6 Å². The van der Waals surface area contributed by atoms with Crippen LogP contribution in [0.1, 0.15) is 48.0 Å². The largest absolute Gasteiger partial charge is 0.371 e. The molecule has 5 rings (SSSR count). The second kappa shape index (κ2) is 11.6. The molecule has 2 saturated heterocycles. The van der Waals surface area contributed by atoms with Crippen molar-refractivity contribution in [1.29, 1.82) is 0 Å². The van der Waals surface area contributed by atoms with E-state index in [-0.39, 0.29) is 11.8 Å². The molecule has 6 nitrogen and oxygen atoms in total. The van der Waals surface area contributed by atoms with E-state index < -0.39 is 6.04 Å². The first-order valence-electron chi connectivity index (χ1n) is 13.3. The average Bonchev–Trinajstić information content (AvgIpc) is 3.13. The Kier molecular flexibility index (Phi) is 7.82. The van der Waals surface area contributed by atoms with Crippen LogP contribution >= 0.6 is 0 Å². The minimum atomic E-state index is -0.438. The van der Waals surface area contributed by atoms with E-state index in [1.54, 1.807) is 0 Å². The van der Waals surface area contributed by atoms with Crippen molar-refractivity contribution in [2.75, 3.05) is 31.1 Å². The van der Waals surface area contributed by atoms with E-state index in [0.29, 0.717) is 24.6 Å². The molecule has 3 N–H and O–H groups in total. The van der Waals surface area contributed by atoms with E-state index in [0.717, 1.165) is 57.4 Å². The summed E-state index contributed by atoms with van der Waals surface area (Å²) in [4.78, 5) is 27.2. The fraction of sp³-hybridized carbons (Fsp3) is 0.400. The van der Waals surface area contributed by atoms with Crippen LogP contribution in [-0.4, -0.2) is 50.1 Å². The van der Waals surface area contributed by atoms with Crippen LogP contribution in [0.4, 0.5) is 5.69 Å². The van der Waals surface area contributed by atoms with Gasteiger partial charge in [-0.25, -0.2) is 0 Å². The summed E-state index contributed by atoms with van der Waals surface area (Å²) in [7, 11) is 0. The standard InChI is InChI=1S/C30H36N4O2/c35-29(33-28-7-3-4-17-32-30(28)36)24-10-12-27(13-11-24)34-19-15-26(16-20-34)31-18-14-22-8-9-23-5-1-2-6-25(23)21-22/h1-2,5-6,8-13,21,26,28,31H,3-4,7,14-20H2,(H,32,36)(H,33,35)/t28-/m0/s1. The molecule has 2 fully saturated rings. The molecule has 0 unspecified atom stereocenters. The summed E-state index contributed by atoms with van der Waals surface area (Å²) in [6.07, 6.45) is 5.85. The molecule has 3 aromatic carbocycles. The van der Waals surface area contributed by atoms with Crippen LogP contribution in [-0.2, 0) is 11.2 Å². The number of anilines is 1. The summed E-state index contributed by atoms with van der Waals surface area (Å²) >= 11 is 0. The molecule has 0 saturated carbocycles. The van der Waals surface area contributed by atoms with Gasteiger partial charge in [-0.15, -0.1) is 0 Å². The van der Waals surface area contributed by atoms with Gasteiger partial charge in [-0.3, -0.25) is 9.59 Å². The summed E-state index contributed by atoms with van der Waals surface area (Å²) < 4.78 is 0. The van der Waals surface area contributed by atoms with Gasteiger partial charge in [-0.1, -0.05) is 42.5 Å². The van der Waals surface area contributed by atoms with E-state index in [1.807, 2.05) is 24.3 Å². The van der Waals surface area contributed by atoms with Crippen LogP contribution in [0.2, 0.25) is 0 Å². The van der Waals surface area contributed by atoms with Crippen molar-refractivity contribution in [3.63, 3.8) is 0 Å². The number of amides is 2. The second-order valence-corrected chi connectivity index (χ2v) is 10.0. The fourth-order valence-electron chi connectivity index (χ4n) is 5.30. The molecular weight excluding hydrogens is 448 g/mol. The highest BCUT2D eigenvalue weighted by Crippen LogP contribution is 2.21. The summed E-state index contributed by atoms with van der Waals surface area (Å²) in [5.41, 5.74) is 3.12. The Morgan fingerprint density at radius 1 is 0.917 bits per heavy atom. The Labute approximate surface area is 213 Å². The number of benzene rings is 3. The van der Waals surface area contributed by atoms with Gasteiger partial charge in [-0.2, -0.15) is 0 Å². The Morgan fingerprint density at radius 2 is 1.69 bits per heavy atom. The lowest BCUT2D eigenvalue weighted by atomic mass is 10.0. The lowest BCUT2D eigenvalue weighted by molar-refractivity contribution is -0.122.